The van der Waals surface area contributed by atoms with Gasteiger partial charge < -0.3 is 14.4 Å². The van der Waals surface area contributed by atoms with Crippen molar-refractivity contribution in [1.29, 1.82) is 0 Å². The number of nitrogens with zero attached hydrogens (tertiary/aromatic N) is 1. The first-order valence-electron chi connectivity index (χ1n) is 12.3. The minimum atomic E-state index is 0.115. The lowest BCUT2D eigenvalue weighted by atomic mass is 9.34. The van der Waals surface area contributed by atoms with Crippen LogP contribution in [-0.4, -0.2) is 6.71 Å². The molecule has 0 saturated heterocycles. The number of aryl methyl sites for hydroxylation is 2. The largest absolute Gasteiger partial charge is 0.458 e. The third kappa shape index (κ3) is 3.15. The highest BCUT2D eigenvalue weighted by atomic mass is 16.5. The lowest BCUT2D eigenvalue weighted by molar-refractivity contribution is 0.477. The van der Waals surface area contributed by atoms with Crippen LogP contribution in [0.4, 0.5) is 17.1 Å². The number of fused-ring (bicyclic) bond motifs is 4. The van der Waals surface area contributed by atoms with Crippen molar-refractivity contribution >= 4 is 40.2 Å². The van der Waals surface area contributed by atoms with E-state index in [1.807, 2.05) is 36.4 Å². The normalized spacial score (nSPS) is 13.1. The molecule has 0 N–H and O–H groups in total. The van der Waals surface area contributed by atoms with Crippen LogP contribution in [0.2, 0.25) is 0 Å². The maximum Gasteiger partial charge on any atom is 0.251 e. The first kappa shape index (κ1) is 20.9. The Labute approximate surface area is 211 Å². The summed E-state index contributed by atoms with van der Waals surface area (Å²) in [6, 6.07) is 37.9. The van der Waals surface area contributed by atoms with E-state index in [0.29, 0.717) is 0 Å². The van der Waals surface area contributed by atoms with Crippen molar-refractivity contribution in [3.05, 3.63) is 120 Å². The molecule has 0 atom stereocenters. The van der Waals surface area contributed by atoms with Crippen molar-refractivity contribution in [2.24, 2.45) is 0 Å². The zero-order valence-corrected chi connectivity index (χ0v) is 20.2. The van der Waals surface area contributed by atoms with Crippen LogP contribution >= 0.6 is 0 Å². The van der Waals surface area contributed by atoms with Crippen LogP contribution in [-0.2, 0) is 0 Å². The van der Waals surface area contributed by atoms with Crippen LogP contribution in [0, 0.1) is 13.8 Å². The van der Waals surface area contributed by atoms with E-state index in [2.05, 4.69) is 91.5 Å². The maximum absolute atomic E-state index is 6.28. The van der Waals surface area contributed by atoms with Crippen LogP contribution in [0.15, 0.2) is 109 Å². The second-order valence-corrected chi connectivity index (χ2v) is 9.48. The van der Waals surface area contributed by atoms with Gasteiger partial charge in [-0.3, -0.25) is 0 Å². The van der Waals surface area contributed by atoms with Crippen molar-refractivity contribution in [3.63, 3.8) is 0 Å². The van der Waals surface area contributed by atoms with Crippen molar-refractivity contribution in [2.45, 2.75) is 13.8 Å². The topological polar surface area (TPSA) is 21.7 Å². The van der Waals surface area contributed by atoms with E-state index < -0.39 is 0 Å². The van der Waals surface area contributed by atoms with Crippen molar-refractivity contribution in [3.8, 4) is 23.0 Å². The Kier molecular flexibility index (Phi) is 4.68. The number of hydrogen-bond donors (Lipinski definition) is 0. The second kappa shape index (κ2) is 8.06. The number of hydrogen-bond acceptors (Lipinski definition) is 3. The van der Waals surface area contributed by atoms with Gasteiger partial charge in [-0.1, -0.05) is 77.3 Å². The van der Waals surface area contributed by atoms with Gasteiger partial charge in [0.2, 0.25) is 0 Å². The summed E-state index contributed by atoms with van der Waals surface area (Å²) in [6.45, 7) is 4.57. The van der Waals surface area contributed by atoms with Gasteiger partial charge in [0.25, 0.3) is 6.71 Å². The highest BCUT2D eigenvalue weighted by Crippen LogP contribution is 2.50. The molecule has 172 valence electrons. The van der Waals surface area contributed by atoms with E-state index in [9.17, 15) is 0 Å². The SMILES string of the molecule is Cc1cc(N2c3ccccc3Oc3ccccc32)cc(C)c1B1c2ccccc2Oc2ccccc21. The van der Waals surface area contributed by atoms with Gasteiger partial charge in [-0.25, -0.2) is 0 Å². The summed E-state index contributed by atoms with van der Waals surface area (Å²) in [5.74, 6) is 3.59. The third-order valence-corrected chi connectivity index (χ3v) is 7.24. The van der Waals surface area contributed by atoms with Crippen molar-refractivity contribution in [2.75, 3.05) is 4.90 Å². The Hall–Kier alpha value is -4.44. The molecule has 0 saturated carbocycles. The Morgan fingerprint density at radius 3 is 1.47 bits per heavy atom. The smallest absolute Gasteiger partial charge is 0.251 e. The Balaban J connectivity index is 1.42. The zero-order valence-electron chi connectivity index (χ0n) is 20.2. The number of rotatable bonds is 2. The molecule has 36 heavy (non-hydrogen) atoms. The Bertz CT molecular complexity index is 1530. The molecular weight excluding hydrogens is 441 g/mol. The van der Waals surface area contributed by atoms with Crippen LogP contribution in [0.3, 0.4) is 0 Å². The molecule has 5 aromatic carbocycles. The summed E-state index contributed by atoms with van der Waals surface area (Å²) >= 11 is 0. The van der Waals surface area contributed by atoms with Gasteiger partial charge in [-0.15, -0.1) is 0 Å². The molecule has 0 bridgehead atoms. The molecule has 0 radical (unpaired) electrons. The average Bonchev–Trinajstić information content (AvgIpc) is 2.90. The Morgan fingerprint density at radius 1 is 0.528 bits per heavy atom. The molecule has 5 aromatic rings. The van der Waals surface area contributed by atoms with E-state index in [-0.39, 0.29) is 6.71 Å². The van der Waals surface area contributed by atoms with Crippen LogP contribution < -0.4 is 30.8 Å². The molecule has 2 aliphatic rings. The highest BCUT2D eigenvalue weighted by molar-refractivity contribution is 6.97. The molecule has 2 heterocycles. The summed E-state index contributed by atoms with van der Waals surface area (Å²) in [5.41, 5.74) is 9.47. The predicted molar refractivity (Wildman–Crippen MR) is 148 cm³/mol. The van der Waals surface area contributed by atoms with E-state index in [0.717, 1.165) is 40.1 Å². The summed E-state index contributed by atoms with van der Waals surface area (Å²) in [6.07, 6.45) is 0. The molecule has 0 spiro atoms. The number of anilines is 3. The summed E-state index contributed by atoms with van der Waals surface area (Å²) in [5, 5.41) is 0. The van der Waals surface area contributed by atoms with Gasteiger partial charge in [0.15, 0.2) is 11.5 Å². The summed E-state index contributed by atoms with van der Waals surface area (Å²) in [7, 11) is 0. The lowest BCUT2D eigenvalue weighted by Crippen LogP contribution is -2.56. The minimum absolute atomic E-state index is 0.115. The van der Waals surface area contributed by atoms with Crippen LogP contribution in [0.5, 0.6) is 23.0 Å². The molecule has 2 aliphatic heterocycles. The average molecular weight is 465 g/mol. The minimum Gasteiger partial charge on any atom is -0.458 e. The van der Waals surface area contributed by atoms with Crippen molar-refractivity contribution in [1.82, 2.24) is 0 Å². The van der Waals surface area contributed by atoms with Crippen molar-refractivity contribution < 1.29 is 9.47 Å². The van der Waals surface area contributed by atoms with E-state index in [1.54, 1.807) is 0 Å². The second-order valence-electron chi connectivity index (χ2n) is 9.48. The molecule has 0 amide bonds. The summed E-state index contributed by atoms with van der Waals surface area (Å²) in [4.78, 5) is 2.31. The highest BCUT2D eigenvalue weighted by Gasteiger charge is 2.34. The zero-order chi connectivity index (χ0) is 24.2. The van der Waals surface area contributed by atoms with Crippen LogP contribution in [0.25, 0.3) is 0 Å². The maximum atomic E-state index is 6.28. The monoisotopic (exact) mass is 465 g/mol. The first-order valence-corrected chi connectivity index (χ1v) is 12.3. The molecule has 0 aromatic heterocycles. The van der Waals surface area contributed by atoms with E-state index in [1.165, 1.54) is 27.5 Å². The molecule has 0 aliphatic carbocycles. The molecule has 7 rings (SSSR count). The predicted octanol–water partition coefficient (Wildman–Crippen LogP) is 6.50. The van der Waals surface area contributed by atoms with Crippen LogP contribution in [0.1, 0.15) is 11.1 Å². The first-order chi connectivity index (χ1) is 17.7. The fraction of sp³-hybridized carbons (Fsp3) is 0.0625. The molecule has 3 nitrogen and oxygen atoms in total. The van der Waals surface area contributed by atoms with Gasteiger partial charge in [0.1, 0.15) is 11.5 Å². The van der Waals surface area contributed by atoms with Gasteiger partial charge in [0.05, 0.1) is 11.4 Å². The number of para-hydroxylation sites is 6. The summed E-state index contributed by atoms with van der Waals surface area (Å²) < 4.78 is 12.5. The molecule has 0 unspecified atom stereocenters. The standard InChI is InChI=1S/C32H24BNO2/c1-21-19-23(34-26-13-5-9-17-30(26)36-31-18-10-6-14-27(31)34)20-22(2)32(21)33-24-11-3-7-15-28(24)35-29-16-8-4-12-25(29)33/h3-20H,1-2H3. The molecule has 0 fully saturated rings. The fourth-order valence-corrected chi connectivity index (χ4v) is 5.74. The van der Waals surface area contributed by atoms with Gasteiger partial charge in [-0.2, -0.15) is 0 Å². The quantitative estimate of drug-likeness (QED) is 0.272. The van der Waals surface area contributed by atoms with Gasteiger partial charge in [0, 0.05) is 5.69 Å². The Morgan fingerprint density at radius 2 is 0.944 bits per heavy atom. The number of benzene rings is 5. The van der Waals surface area contributed by atoms with Gasteiger partial charge in [-0.05, 0) is 73.3 Å². The lowest BCUT2D eigenvalue weighted by Gasteiger charge is -2.34. The molecule has 4 heteroatoms. The van der Waals surface area contributed by atoms with E-state index in [4.69, 9.17) is 9.47 Å². The molecular formula is C32H24BNO2. The van der Waals surface area contributed by atoms with E-state index >= 15 is 0 Å². The van der Waals surface area contributed by atoms with Gasteiger partial charge >= 0.3 is 0 Å². The number of ether oxygens (including phenoxy) is 2. The third-order valence-electron chi connectivity index (χ3n) is 7.24. The fourth-order valence-electron chi connectivity index (χ4n) is 5.74.